The third-order valence-corrected chi connectivity index (χ3v) is 3.31. The number of rotatable bonds is 6. The molecular formula is C15H20OS. The van der Waals surface area contributed by atoms with E-state index in [0.29, 0.717) is 0 Å². The van der Waals surface area contributed by atoms with Gasteiger partial charge in [-0.15, -0.1) is 0 Å². The van der Waals surface area contributed by atoms with Gasteiger partial charge in [-0.3, -0.25) is 4.79 Å². The number of aryl methyl sites for hydroxylation is 1. The highest BCUT2D eigenvalue weighted by atomic mass is 32.2. The molecule has 0 heterocycles. The monoisotopic (exact) mass is 248 g/mol. The first-order chi connectivity index (χ1) is 8.22. The van der Waals surface area contributed by atoms with E-state index in [9.17, 15) is 4.79 Å². The summed E-state index contributed by atoms with van der Waals surface area (Å²) in [4.78, 5) is 12.6. The normalized spacial score (nSPS) is 10.9. The Balaban J connectivity index is 2.31. The summed E-state index contributed by atoms with van der Waals surface area (Å²) in [6, 6.07) is 8.03. The Morgan fingerprint density at radius 1 is 1.24 bits per heavy atom. The minimum absolute atomic E-state index is 0.116. The second kappa shape index (κ2) is 8.13. The van der Waals surface area contributed by atoms with E-state index in [1.807, 2.05) is 37.3 Å². The Kier molecular flexibility index (Phi) is 6.71. The van der Waals surface area contributed by atoms with E-state index in [4.69, 9.17) is 0 Å². The fourth-order valence-electron chi connectivity index (χ4n) is 1.45. The van der Waals surface area contributed by atoms with Crippen LogP contribution in [0.15, 0.2) is 41.3 Å². The average molecular weight is 248 g/mol. The van der Waals surface area contributed by atoms with E-state index >= 15 is 0 Å². The van der Waals surface area contributed by atoms with Gasteiger partial charge in [-0.2, -0.15) is 0 Å². The lowest BCUT2D eigenvalue weighted by Crippen LogP contribution is -1.85. The van der Waals surface area contributed by atoms with Crippen LogP contribution in [0.2, 0.25) is 0 Å². The third-order valence-electron chi connectivity index (χ3n) is 2.47. The van der Waals surface area contributed by atoms with Crippen LogP contribution in [0.25, 0.3) is 0 Å². The molecule has 0 atom stereocenters. The molecule has 0 aliphatic heterocycles. The molecule has 0 amide bonds. The van der Waals surface area contributed by atoms with E-state index in [0.717, 1.165) is 11.3 Å². The number of carbonyl (C=O) groups is 1. The lowest BCUT2D eigenvalue weighted by molar-refractivity contribution is -0.107. The molecule has 0 fully saturated rings. The van der Waals surface area contributed by atoms with Gasteiger partial charge in [-0.1, -0.05) is 43.5 Å². The second-order valence-corrected chi connectivity index (χ2v) is 5.21. The van der Waals surface area contributed by atoms with E-state index in [2.05, 4.69) is 6.92 Å². The van der Waals surface area contributed by atoms with Crippen molar-refractivity contribution in [1.29, 1.82) is 0 Å². The maximum absolute atomic E-state index is 11.6. The van der Waals surface area contributed by atoms with Gasteiger partial charge in [-0.05, 0) is 49.7 Å². The van der Waals surface area contributed by atoms with Crippen molar-refractivity contribution in [3.05, 3.63) is 42.0 Å². The van der Waals surface area contributed by atoms with Crippen LogP contribution in [-0.2, 0) is 4.79 Å². The van der Waals surface area contributed by atoms with Gasteiger partial charge in [0.05, 0.1) is 0 Å². The molecule has 0 aliphatic rings. The molecule has 0 saturated heterocycles. The topological polar surface area (TPSA) is 17.1 Å². The number of unbranched alkanes of at least 4 members (excludes halogenated alkanes) is 3. The summed E-state index contributed by atoms with van der Waals surface area (Å²) in [5, 5.41) is 0.116. The zero-order chi connectivity index (χ0) is 12.5. The molecule has 2 heteroatoms. The van der Waals surface area contributed by atoms with Gasteiger partial charge < -0.3 is 0 Å². The highest BCUT2D eigenvalue weighted by Crippen LogP contribution is 2.19. The maximum atomic E-state index is 11.6. The molecule has 0 aromatic heterocycles. The first kappa shape index (κ1) is 14.0. The summed E-state index contributed by atoms with van der Waals surface area (Å²) in [6.45, 7) is 4.23. The lowest BCUT2D eigenvalue weighted by Gasteiger charge is -1.97. The molecule has 0 saturated carbocycles. The van der Waals surface area contributed by atoms with Crippen LogP contribution in [-0.4, -0.2) is 5.12 Å². The highest BCUT2D eigenvalue weighted by Gasteiger charge is 1.99. The number of hydrogen-bond acceptors (Lipinski definition) is 2. The Hall–Kier alpha value is -1.02. The van der Waals surface area contributed by atoms with Gasteiger partial charge in [0.15, 0.2) is 0 Å². The van der Waals surface area contributed by atoms with Crippen molar-refractivity contribution in [3.63, 3.8) is 0 Å². The van der Waals surface area contributed by atoms with E-state index in [-0.39, 0.29) is 5.12 Å². The Bertz CT molecular complexity index is 365. The number of hydrogen-bond donors (Lipinski definition) is 0. The molecule has 1 aromatic carbocycles. The molecule has 17 heavy (non-hydrogen) atoms. The van der Waals surface area contributed by atoms with E-state index in [1.165, 1.54) is 36.6 Å². The molecule has 0 aliphatic carbocycles. The highest BCUT2D eigenvalue weighted by molar-refractivity contribution is 8.14. The minimum Gasteiger partial charge on any atom is -0.282 e. The smallest absolute Gasteiger partial charge is 0.216 e. The van der Waals surface area contributed by atoms with Crippen molar-refractivity contribution in [2.45, 2.75) is 44.4 Å². The van der Waals surface area contributed by atoms with Crippen LogP contribution in [0, 0.1) is 6.92 Å². The quantitative estimate of drug-likeness (QED) is 0.410. The summed E-state index contributed by atoms with van der Waals surface area (Å²) in [6.07, 6.45) is 8.33. The van der Waals surface area contributed by atoms with Crippen molar-refractivity contribution < 1.29 is 4.79 Å². The molecular weight excluding hydrogens is 228 g/mol. The van der Waals surface area contributed by atoms with Crippen molar-refractivity contribution in [2.24, 2.45) is 0 Å². The SMILES string of the molecule is CCCCC/C=C/C(=O)Sc1ccc(C)cc1. The van der Waals surface area contributed by atoms with Crippen molar-refractivity contribution in [1.82, 2.24) is 0 Å². The zero-order valence-electron chi connectivity index (χ0n) is 10.6. The summed E-state index contributed by atoms with van der Waals surface area (Å²) in [5.74, 6) is 0. The molecule has 1 nitrogen and oxygen atoms in total. The molecule has 0 bridgehead atoms. The molecule has 0 spiro atoms. The molecule has 1 aromatic rings. The lowest BCUT2D eigenvalue weighted by atomic mass is 10.2. The van der Waals surface area contributed by atoms with Crippen LogP contribution in [0.1, 0.15) is 38.2 Å². The zero-order valence-corrected chi connectivity index (χ0v) is 11.4. The van der Waals surface area contributed by atoms with Gasteiger partial charge in [0, 0.05) is 4.90 Å². The van der Waals surface area contributed by atoms with Crippen LogP contribution in [0.4, 0.5) is 0 Å². The summed E-state index contributed by atoms with van der Waals surface area (Å²) >= 11 is 1.29. The Labute approximate surface area is 108 Å². The minimum atomic E-state index is 0.116. The summed E-state index contributed by atoms with van der Waals surface area (Å²) in [5.41, 5.74) is 1.22. The van der Waals surface area contributed by atoms with Gasteiger partial charge in [-0.25, -0.2) is 0 Å². The summed E-state index contributed by atoms with van der Waals surface area (Å²) in [7, 11) is 0. The van der Waals surface area contributed by atoms with Crippen LogP contribution >= 0.6 is 11.8 Å². The van der Waals surface area contributed by atoms with Crippen LogP contribution in [0.3, 0.4) is 0 Å². The molecule has 0 radical (unpaired) electrons. The maximum Gasteiger partial charge on any atom is 0.216 e. The van der Waals surface area contributed by atoms with Crippen molar-refractivity contribution in [2.75, 3.05) is 0 Å². The van der Waals surface area contributed by atoms with Crippen LogP contribution < -0.4 is 0 Å². The molecule has 1 rings (SSSR count). The van der Waals surface area contributed by atoms with E-state index < -0.39 is 0 Å². The molecule has 92 valence electrons. The second-order valence-electron chi connectivity index (χ2n) is 4.13. The van der Waals surface area contributed by atoms with Gasteiger partial charge in [0.2, 0.25) is 5.12 Å². The van der Waals surface area contributed by atoms with Gasteiger partial charge in [0.25, 0.3) is 0 Å². The molecule has 0 N–H and O–H groups in total. The first-order valence-corrected chi connectivity index (χ1v) is 6.99. The number of benzene rings is 1. The first-order valence-electron chi connectivity index (χ1n) is 6.17. The van der Waals surface area contributed by atoms with Crippen molar-refractivity contribution in [3.8, 4) is 0 Å². The fraction of sp³-hybridized carbons (Fsp3) is 0.400. The van der Waals surface area contributed by atoms with Crippen molar-refractivity contribution >= 4 is 16.9 Å². The summed E-state index contributed by atoms with van der Waals surface area (Å²) < 4.78 is 0. The third kappa shape index (κ3) is 6.32. The van der Waals surface area contributed by atoms with Crippen LogP contribution in [0.5, 0.6) is 0 Å². The predicted molar refractivity (Wildman–Crippen MR) is 75.3 cm³/mol. The standard InChI is InChI=1S/C15H20OS/c1-3-4-5-6-7-8-15(16)17-14-11-9-13(2)10-12-14/h7-12H,3-6H2,1-2H3/b8-7+. The number of allylic oxidation sites excluding steroid dienone is 1. The fourth-order valence-corrected chi connectivity index (χ4v) is 2.12. The Morgan fingerprint density at radius 3 is 2.59 bits per heavy atom. The largest absolute Gasteiger partial charge is 0.282 e. The predicted octanol–water partition coefficient (Wildman–Crippen LogP) is 4.75. The average Bonchev–Trinajstić information content (AvgIpc) is 2.32. The number of carbonyl (C=O) groups excluding carboxylic acids is 1. The molecule has 0 unspecified atom stereocenters. The number of thioether (sulfide) groups is 1. The Morgan fingerprint density at radius 2 is 1.94 bits per heavy atom. The van der Waals surface area contributed by atoms with Gasteiger partial charge >= 0.3 is 0 Å². The van der Waals surface area contributed by atoms with E-state index in [1.54, 1.807) is 6.08 Å². The van der Waals surface area contributed by atoms with Gasteiger partial charge in [0.1, 0.15) is 0 Å².